The van der Waals surface area contributed by atoms with Crippen molar-refractivity contribution in [2.24, 2.45) is 0 Å². The molecule has 1 aromatic carbocycles. The highest BCUT2D eigenvalue weighted by molar-refractivity contribution is 7.92. The Morgan fingerprint density at radius 2 is 1.92 bits per heavy atom. The number of hydrogen-bond donors (Lipinski definition) is 1. The average Bonchev–Trinajstić information content (AvgIpc) is 3.04. The van der Waals surface area contributed by atoms with Gasteiger partial charge >= 0.3 is 5.97 Å². The Hall–Kier alpha value is -2.39. The van der Waals surface area contributed by atoms with E-state index in [4.69, 9.17) is 4.74 Å². The number of likely N-dealkylation sites (N-methyl/N-ethyl adjacent to an activating group) is 1. The predicted octanol–water partition coefficient (Wildman–Crippen LogP) is 1.93. The van der Waals surface area contributed by atoms with E-state index in [-0.39, 0.29) is 17.2 Å². The van der Waals surface area contributed by atoms with Gasteiger partial charge in [0.2, 0.25) is 10.0 Å². The SMILES string of the molecule is CN(Cc1cccs1)C(=O)COC(=O)c1ccccc1NS(C)(=O)=O. The van der Waals surface area contributed by atoms with Crippen molar-refractivity contribution < 1.29 is 22.7 Å². The van der Waals surface area contributed by atoms with E-state index in [1.807, 2.05) is 17.5 Å². The maximum atomic E-state index is 12.2. The molecular formula is C16H18N2O5S2. The van der Waals surface area contributed by atoms with Crippen molar-refractivity contribution >= 4 is 38.9 Å². The maximum Gasteiger partial charge on any atom is 0.340 e. The number of benzene rings is 1. The van der Waals surface area contributed by atoms with Gasteiger partial charge < -0.3 is 9.64 Å². The summed E-state index contributed by atoms with van der Waals surface area (Å²) in [4.78, 5) is 26.7. The predicted molar refractivity (Wildman–Crippen MR) is 96.0 cm³/mol. The third-order valence-corrected chi connectivity index (χ3v) is 4.62. The van der Waals surface area contributed by atoms with Crippen LogP contribution in [0.4, 0.5) is 5.69 Å². The molecule has 0 saturated carbocycles. The van der Waals surface area contributed by atoms with Crippen molar-refractivity contribution in [3.05, 3.63) is 52.2 Å². The van der Waals surface area contributed by atoms with Crippen LogP contribution in [0.5, 0.6) is 0 Å². The fourth-order valence-electron chi connectivity index (χ4n) is 1.99. The summed E-state index contributed by atoms with van der Waals surface area (Å²) in [6, 6.07) is 9.84. The summed E-state index contributed by atoms with van der Waals surface area (Å²) >= 11 is 1.53. The van der Waals surface area contributed by atoms with E-state index in [9.17, 15) is 18.0 Å². The molecule has 0 spiro atoms. The molecule has 9 heteroatoms. The van der Waals surface area contributed by atoms with Gasteiger partial charge in [-0.25, -0.2) is 13.2 Å². The van der Waals surface area contributed by atoms with E-state index >= 15 is 0 Å². The van der Waals surface area contributed by atoms with Crippen LogP contribution in [0.2, 0.25) is 0 Å². The minimum atomic E-state index is -3.54. The molecule has 0 atom stereocenters. The van der Waals surface area contributed by atoms with E-state index in [1.54, 1.807) is 19.2 Å². The number of rotatable bonds is 7. The monoisotopic (exact) mass is 382 g/mol. The molecule has 2 aromatic rings. The van der Waals surface area contributed by atoms with Gasteiger partial charge in [0.05, 0.1) is 24.1 Å². The standard InChI is InChI=1S/C16H18N2O5S2/c1-18(10-12-6-5-9-24-12)15(19)11-23-16(20)13-7-3-4-8-14(13)17-25(2,21)22/h3-9,17H,10-11H2,1-2H3. The lowest BCUT2D eigenvalue weighted by atomic mass is 10.2. The van der Waals surface area contributed by atoms with Gasteiger partial charge in [0, 0.05) is 11.9 Å². The molecule has 0 aliphatic heterocycles. The number of nitrogens with one attached hydrogen (secondary N) is 1. The quantitative estimate of drug-likeness (QED) is 0.739. The molecule has 0 bridgehead atoms. The highest BCUT2D eigenvalue weighted by atomic mass is 32.2. The number of hydrogen-bond acceptors (Lipinski definition) is 6. The first-order valence-corrected chi connectivity index (χ1v) is 10.0. The number of anilines is 1. The zero-order valence-corrected chi connectivity index (χ0v) is 15.4. The Morgan fingerprint density at radius 3 is 2.56 bits per heavy atom. The van der Waals surface area contributed by atoms with Gasteiger partial charge in [0.1, 0.15) is 0 Å². The molecular weight excluding hydrogens is 364 g/mol. The summed E-state index contributed by atoms with van der Waals surface area (Å²) in [5.41, 5.74) is 0.149. The summed E-state index contributed by atoms with van der Waals surface area (Å²) in [5, 5.41) is 1.92. The molecule has 0 saturated heterocycles. The number of carbonyl (C=O) groups excluding carboxylic acids is 2. The minimum absolute atomic E-state index is 0.0432. The molecule has 0 unspecified atom stereocenters. The molecule has 0 fully saturated rings. The fourth-order valence-corrected chi connectivity index (χ4v) is 3.32. The highest BCUT2D eigenvalue weighted by Gasteiger charge is 2.17. The number of para-hydroxylation sites is 1. The first-order chi connectivity index (χ1) is 11.8. The molecule has 2 rings (SSSR count). The maximum absolute atomic E-state index is 12.2. The van der Waals surface area contributed by atoms with Gasteiger partial charge in [-0.05, 0) is 23.6 Å². The lowest BCUT2D eigenvalue weighted by Crippen LogP contribution is -2.30. The summed E-state index contributed by atoms with van der Waals surface area (Å²) in [6.45, 7) is 0.00812. The van der Waals surface area contributed by atoms with Gasteiger partial charge in [-0.3, -0.25) is 9.52 Å². The van der Waals surface area contributed by atoms with Crippen LogP contribution in [-0.2, 0) is 26.1 Å². The van der Waals surface area contributed by atoms with Gasteiger partial charge in [0.25, 0.3) is 5.91 Å². The normalized spacial score (nSPS) is 11.0. The number of carbonyl (C=O) groups is 2. The first kappa shape index (κ1) is 18.9. The van der Waals surface area contributed by atoms with Crippen molar-refractivity contribution in [1.29, 1.82) is 0 Å². The van der Waals surface area contributed by atoms with E-state index in [1.165, 1.54) is 28.4 Å². The summed E-state index contributed by atoms with van der Waals surface area (Å²) < 4.78 is 30.0. The Kier molecular flexibility index (Phi) is 6.16. The summed E-state index contributed by atoms with van der Waals surface area (Å²) in [5.74, 6) is -1.13. The van der Waals surface area contributed by atoms with Crippen molar-refractivity contribution in [3.8, 4) is 0 Å². The van der Waals surface area contributed by atoms with Crippen LogP contribution in [-0.4, -0.2) is 45.1 Å². The molecule has 1 amide bonds. The molecule has 25 heavy (non-hydrogen) atoms. The van der Waals surface area contributed by atoms with Crippen LogP contribution in [0.15, 0.2) is 41.8 Å². The Labute approximate surface area is 150 Å². The minimum Gasteiger partial charge on any atom is -0.452 e. The molecule has 0 aliphatic carbocycles. The number of thiophene rings is 1. The number of esters is 1. The number of ether oxygens (including phenoxy) is 1. The lowest BCUT2D eigenvalue weighted by molar-refractivity contribution is -0.133. The van der Waals surface area contributed by atoms with Gasteiger partial charge in [-0.1, -0.05) is 18.2 Å². The third-order valence-electron chi connectivity index (χ3n) is 3.17. The van der Waals surface area contributed by atoms with Crippen LogP contribution in [0.1, 0.15) is 15.2 Å². The van der Waals surface area contributed by atoms with Crippen molar-refractivity contribution in [1.82, 2.24) is 4.90 Å². The van der Waals surface area contributed by atoms with E-state index in [2.05, 4.69) is 4.72 Å². The molecule has 134 valence electrons. The van der Waals surface area contributed by atoms with Gasteiger partial charge in [0.15, 0.2) is 6.61 Å². The van der Waals surface area contributed by atoms with Crippen LogP contribution in [0, 0.1) is 0 Å². The molecule has 1 aromatic heterocycles. The largest absolute Gasteiger partial charge is 0.452 e. The second-order valence-electron chi connectivity index (χ2n) is 5.33. The van der Waals surface area contributed by atoms with Crippen molar-refractivity contribution in [2.45, 2.75) is 6.54 Å². The van der Waals surface area contributed by atoms with E-state index in [0.29, 0.717) is 6.54 Å². The smallest absolute Gasteiger partial charge is 0.340 e. The lowest BCUT2D eigenvalue weighted by Gasteiger charge is -2.16. The molecule has 7 nitrogen and oxygen atoms in total. The number of nitrogens with zero attached hydrogens (tertiary/aromatic N) is 1. The number of amides is 1. The molecule has 1 N–H and O–H groups in total. The van der Waals surface area contributed by atoms with Crippen molar-refractivity contribution in [3.63, 3.8) is 0 Å². The molecule has 0 aliphatic rings. The second kappa shape index (κ2) is 8.13. The van der Waals surface area contributed by atoms with E-state index < -0.39 is 22.6 Å². The Bertz CT molecular complexity index is 847. The van der Waals surface area contributed by atoms with Crippen LogP contribution < -0.4 is 4.72 Å². The van der Waals surface area contributed by atoms with Crippen LogP contribution in [0.25, 0.3) is 0 Å². The van der Waals surface area contributed by atoms with Gasteiger partial charge in [-0.2, -0.15) is 0 Å². The highest BCUT2D eigenvalue weighted by Crippen LogP contribution is 2.17. The fraction of sp³-hybridized carbons (Fsp3) is 0.250. The average molecular weight is 382 g/mol. The van der Waals surface area contributed by atoms with Crippen molar-refractivity contribution in [2.75, 3.05) is 24.6 Å². The van der Waals surface area contributed by atoms with Gasteiger partial charge in [-0.15, -0.1) is 11.3 Å². The first-order valence-electron chi connectivity index (χ1n) is 7.26. The van der Waals surface area contributed by atoms with Crippen LogP contribution >= 0.6 is 11.3 Å². The third kappa shape index (κ3) is 5.87. The van der Waals surface area contributed by atoms with Crippen LogP contribution in [0.3, 0.4) is 0 Å². The Balaban J connectivity index is 1.97. The summed E-state index contributed by atoms with van der Waals surface area (Å²) in [6.07, 6.45) is 0.984. The second-order valence-corrected chi connectivity index (χ2v) is 8.11. The Morgan fingerprint density at radius 1 is 1.20 bits per heavy atom. The zero-order valence-electron chi connectivity index (χ0n) is 13.8. The zero-order chi connectivity index (χ0) is 18.4. The van der Waals surface area contributed by atoms with E-state index in [0.717, 1.165) is 11.1 Å². The molecule has 1 heterocycles. The topological polar surface area (TPSA) is 92.8 Å². The summed E-state index contributed by atoms with van der Waals surface area (Å²) in [7, 11) is -1.92. The molecule has 0 radical (unpaired) electrons. The number of sulfonamides is 1.